The number of ether oxygens (including phenoxy) is 3. The molecule has 0 aromatic heterocycles. The first kappa shape index (κ1) is 25.0. The third kappa shape index (κ3) is 5.28. The summed E-state index contributed by atoms with van der Waals surface area (Å²) in [6, 6.07) is 14.8. The molecular formula is C26H19IN2O7. The van der Waals surface area contributed by atoms with E-state index in [0.29, 0.717) is 31.6 Å². The number of nitro groups is 1. The van der Waals surface area contributed by atoms with E-state index in [0.717, 1.165) is 5.56 Å². The highest BCUT2D eigenvalue weighted by Crippen LogP contribution is 2.36. The Balaban J connectivity index is 1.63. The molecule has 9 nitrogen and oxygen atoms in total. The predicted molar refractivity (Wildman–Crippen MR) is 140 cm³/mol. The SMILES string of the molecule is COc1cc(/C=C2\N=C(c3ccc(C)c([N+](=O)[O-])c3)OC2=O)cc(I)c1OC(=O)c1ccc(C)cc1. The summed E-state index contributed by atoms with van der Waals surface area (Å²) in [5.41, 5.74) is 2.68. The molecule has 3 aromatic carbocycles. The molecule has 0 saturated carbocycles. The Labute approximate surface area is 219 Å². The monoisotopic (exact) mass is 598 g/mol. The number of nitro benzene ring substituents is 1. The number of nitrogens with zero attached hydrogens (tertiary/aromatic N) is 2. The number of methoxy groups -OCH3 is 1. The molecule has 0 fully saturated rings. The number of halogens is 1. The van der Waals surface area contributed by atoms with Gasteiger partial charge in [0.05, 0.1) is 21.2 Å². The van der Waals surface area contributed by atoms with Crippen molar-refractivity contribution >= 4 is 52.2 Å². The number of hydrogen-bond donors (Lipinski definition) is 0. The average molecular weight is 598 g/mol. The van der Waals surface area contributed by atoms with Crippen LogP contribution in [0.4, 0.5) is 5.69 Å². The lowest BCUT2D eigenvalue weighted by molar-refractivity contribution is -0.385. The Kier molecular flexibility index (Phi) is 7.15. The van der Waals surface area contributed by atoms with Crippen molar-refractivity contribution in [3.8, 4) is 11.5 Å². The van der Waals surface area contributed by atoms with E-state index in [9.17, 15) is 19.7 Å². The molecule has 0 aliphatic carbocycles. The number of hydrogen-bond acceptors (Lipinski definition) is 8. The van der Waals surface area contributed by atoms with Crippen molar-refractivity contribution in [3.05, 3.63) is 102 Å². The minimum atomic E-state index is -0.697. The van der Waals surface area contributed by atoms with Crippen LogP contribution in [-0.2, 0) is 9.53 Å². The number of esters is 2. The van der Waals surface area contributed by atoms with Gasteiger partial charge in [-0.15, -0.1) is 0 Å². The number of aliphatic imine (C=N–C) groups is 1. The molecule has 1 heterocycles. The lowest BCUT2D eigenvalue weighted by Gasteiger charge is -2.12. The van der Waals surface area contributed by atoms with Crippen LogP contribution in [0.5, 0.6) is 11.5 Å². The van der Waals surface area contributed by atoms with Crippen LogP contribution in [0.3, 0.4) is 0 Å². The van der Waals surface area contributed by atoms with Crippen LogP contribution in [0.1, 0.15) is 32.6 Å². The molecule has 0 atom stereocenters. The number of rotatable bonds is 6. The second-order valence-corrected chi connectivity index (χ2v) is 9.05. The lowest BCUT2D eigenvalue weighted by atomic mass is 10.1. The van der Waals surface area contributed by atoms with Gasteiger partial charge in [0.2, 0.25) is 5.90 Å². The zero-order valence-electron chi connectivity index (χ0n) is 19.4. The van der Waals surface area contributed by atoms with Gasteiger partial charge < -0.3 is 14.2 Å². The molecule has 1 aliphatic heterocycles. The van der Waals surface area contributed by atoms with Crippen LogP contribution < -0.4 is 9.47 Å². The first-order chi connectivity index (χ1) is 17.2. The Morgan fingerprint density at radius 2 is 1.83 bits per heavy atom. The van der Waals surface area contributed by atoms with E-state index in [4.69, 9.17) is 14.2 Å². The van der Waals surface area contributed by atoms with E-state index in [1.54, 1.807) is 43.3 Å². The second kappa shape index (κ2) is 10.3. The summed E-state index contributed by atoms with van der Waals surface area (Å²) in [5, 5.41) is 11.2. The van der Waals surface area contributed by atoms with Crippen LogP contribution in [-0.4, -0.2) is 29.9 Å². The van der Waals surface area contributed by atoms with E-state index in [2.05, 4.69) is 4.99 Å². The van der Waals surface area contributed by atoms with Gasteiger partial charge in [-0.1, -0.05) is 23.8 Å². The van der Waals surface area contributed by atoms with Crippen LogP contribution in [0.25, 0.3) is 6.08 Å². The van der Waals surface area contributed by atoms with Crippen molar-refractivity contribution in [1.82, 2.24) is 0 Å². The lowest BCUT2D eigenvalue weighted by Crippen LogP contribution is -2.10. The van der Waals surface area contributed by atoms with Crippen LogP contribution in [0.15, 0.2) is 65.3 Å². The molecule has 1 aliphatic rings. The maximum atomic E-state index is 12.6. The van der Waals surface area contributed by atoms with Gasteiger partial charge in [-0.3, -0.25) is 10.1 Å². The molecule has 182 valence electrons. The van der Waals surface area contributed by atoms with Crippen molar-refractivity contribution in [2.75, 3.05) is 7.11 Å². The Morgan fingerprint density at radius 1 is 1.11 bits per heavy atom. The first-order valence-electron chi connectivity index (χ1n) is 10.6. The molecule has 0 saturated heterocycles. The van der Waals surface area contributed by atoms with E-state index in [1.165, 1.54) is 19.3 Å². The maximum absolute atomic E-state index is 12.6. The Morgan fingerprint density at radius 3 is 2.50 bits per heavy atom. The van der Waals surface area contributed by atoms with Gasteiger partial charge in [0, 0.05) is 17.2 Å². The van der Waals surface area contributed by atoms with E-state index >= 15 is 0 Å². The molecule has 0 spiro atoms. The highest BCUT2D eigenvalue weighted by molar-refractivity contribution is 14.1. The minimum Gasteiger partial charge on any atom is -0.493 e. The van der Waals surface area contributed by atoms with Gasteiger partial charge in [0.25, 0.3) is 5.69 Å². The highest BCUT2D eigenvalue weighted by atomic mass is 127. The highest BCUT2D eigenvalue weighted by Gasteiger charge is 2.26. The Bertz CT molecular complexity index is 1460. The van der Waals surface area contributed by atoms with Gasteiger partial charge in [-0.2, -0.15) is 0 Å². The van der Waals surface area contributed by atoms with Crippen molar-refractivity contribution in [3.63, 3.8) is 0 Å². The first-order valence-corrected chi connectivity index (χ1v) is 11.7. The van der Waals surface area contributed by atoms with Crippen molar-refractivity contribution < 1.29 is 28.7 Å². The zero-order valence-corrected chi connectivity index (χ0v) is 21.6. The molecule has 0 unspecified atom stereocenters. The van der Waals surface area contributed by atoms with Crippen LogP contribution in [0.2, 0.25) is 0 Å². The molecule has 4 rings (SSSR count). The number of carbonyl (C=O) groups is 2. The summed E-state index contributed by atoms with van der Waals surface area (Å²) in [7, 11) is 1.44. The third-order valence-corrected chi connectivity index (χ3v) is 6.11. The van der Waals surface area contributed by atoms with Gasteiger partial charge >= 0.3 is 11.9 Å². The van der Waals surface area contributed by atoms with Crippen molar-refractivity contribution in [2.45, 2.75) is 13.8 Å². The number of aryl methyl sites for hydroxylation is 2. The molecule has 0 amide bonds. The van der Waals surface area contributed by atoms with Crippen LogP contribution in [0, 0.1) is 27.5 Å². The summed E-state index contributed by atoms with van der Waals surface area (Å²) in [4.78, 5) is 40.0. The minimum absolute atomic E-state index is 0.00970. The van der Waals surface area contributed by atoms with Gasteiger partial charge in [-0.05, 0) is 78.4 Å². The summed E-state index contributed by atoms with van der Waals surface area (Å²) in [6.07, 6.45) is 1.49. The van der Waals surface area contributed by atoms with Crippen molar-refractivity contribution in [2.24, 2.45) is 4.99 Å². The topological polar surface area (TPSA) is 117 Å². The van der Waals surface area contributed by atoms with Crippen LogP contribution >= 0.6 is 22.6 Å². The number of carbonyl (C=O) groups excluding carboxylic acids is 2. The second-order valence-electron chi connectivity index (χ2n) is 7.88. The molecule has 0 radical (unpaired) electrons. The molecule has 3 aromatic rings. The molecule has 0 bridgehead atoms. The predicted octanol–water partition coefficient (Wildman–Crippen LogP) is 5.39. The fourth-order valence-electron chi connectivity index (χ4n) is 3.39. The average Bonchev–Trinajstić information content (AvgIpc) is 3.20. The van der Waals surface area contributed by atoms with Gasteiger partial charge in [0.15, 0.2) is 17.2 Å². The fourth-order valence-corrected chi connectivity index (χ4v) is 4.13. The molecule has 0 N–H and O–H groups in total. The quantitative estimate of drug-likeness (QED) is 0.0933. The molecule has 36 heavy (non-hydrogen) atoms. The number of benzene rings is 3. The summed E-state index contributed by atoms with van der Waals surface area (Å²) in [6.45, 7) is 3.54. The standard InChI is InChI=1S/C26H19IN2O7/c1-14-4-7-17(8-5-14)25(30)35-23-19(27)10-16(12-22(23)34-3)11-20-26(31)36-24(28-20)18-9-6-15(2)21(13-18)29(32)33/h4-13H,1-3H3/b20-11-. The maximum Gasteiger partial charge on any atom is 0.363 e. The number of cyclic esters (lactones) is 1. The summed E-state index contributed by atoms with van der Waals surface area (Å²) >= 11 is 2.01. The Hall–Kier alpha value is -4.06. The smallest absolute Gasteiger partial charge is 0.363 e. The normalized spacial score (nSPS) is 13.8. The van der Waals surface area contributed by atoms with Crippen molar-refractivity contribution in [1.29, 1.82) is 0 Å². The zero-order chi connectivity index (χ0) is 26.0. The summed E-state index contributed by atoms with van der Waals surface area (Å²) < 4.78 is 16.8. The van der Waals surface area contributed by atoms with Gasteiger partial charge in [-0.25, -0.2) is 14.6 Å². The largest absolute Gasteiger partial charge is 0.493 e. The third-order valence-electron chi connectivity index (χ3n) is 5.31. The fraction of sp³-hybridized carbons (Fsp3) is 0.115. The molecule has 10 heteroatoms. The van der Waals surface area contributed by atoms with E-state index in [1.807, 2.05) is 41.6 Å². The van der Waals surface area contributed by atoms with Gasteiger partial charge in [0.1, 0.15) is 0 Å². The molecular weight excluding hydrogens is 579 g/mol. The van der Waals surface area contributed by atoms with E-state index < -0.39 is 16.9 Å². The van der Waals surface area contributed by atoms with E-state index in [-0.39, 0.29) is 23.0 Å². The summed E-state index contributed by atoms with van der Waals surface area (Å²) in [5.74, 6) is -0.718.